The van der Waals surface area contributed by atoms with Gasteiger partial charge in [-0.25, -0.2) is 0 Å². The summed E-state index contributed by atoms with van der Waals surface area (Å²) in [4.78, 5) is 0. The summed E-state index contributed by atoms with van der Waals surface area (Å²) in [7, 11) is 0. The summed E-state index contributed by atoms with van der Waals surface area (Å²) in [6.07, 6.45) is 0. The minimum absolute atomic E-state index is 0. The Hall–Kier alpha value is -2.62. The summed E-state index contributed by atoms with van der Waals surface area (Å²) >= 11 is 2.11. The van der Waals surface area contributed by atoms with Gasteiger partial charge in [0.25, 0.3) is 0 Å². The Morgan fingerprint density at radius 2 is 0.522 bits per heavy atom. The number of halogens is 2. The molecule has 4 heteroatoms. The van der Waals surface area contributed by atoms with Crippen LogP contribution in [-0.4, -0.2) is 8.52 Å². The molecule has 0 aliphatic carbocycles. The predicted molar refractivity (Wildman–Crippen MR) is 206 cm³/mol. The number of hydrogen-bond acceptors (Lipinski definition) is 0. The fraction of sp³-hybridized carbons (Fsp3) is 0.0952. The Balaban J connectivity index is 0.000000292. The molecule has 0 N–H and O–H groups in total. The Kier molecular flexibility index (Phi) is 19.8. The molecule has 8 aromatic carbocycles. The van der Waals surface area contributed by atoms with Crippen LogP contribution in [0, 0.1) is 27.7 Å². The topological polar surface area (TPSA) is 0 Å². The van der Waals surface area contributed by atoms with Gasteiger partial charge in [-0.15, -0.1) is 187 Å². The average Bonchev–Trinajstić information content (AvgIpc) is 3.82. The first kappa shape index (κ1) is 41.4. The van der Waals surface area contributed by atoms with Gasteiger partial charge < -0.3 is 0 Å². The molecule has 0 amide bonds. The van der Waals surface area contributed by atoms with Crippen molar-refractivity contribution in [3.63, 3.8) is 0 Å². The summed E-state index contributed by atoms with van der Waals surface area (Å²) in [5.41, 5.74) is 5.39. The van der Waals surface area contributed by atoms with Crippen molar-refractivity contribution in [3.05, 3.63) is 168 Å². The monoisotopic (exact) mass is 976 g/mol. The van der Waals surface area contributed by atoms with Crippen molar-refractivity contribution >= 4 is 76.4 Å². The van der Waals surface area contributed by atoms with Crippen molar-refractivity contribution in [2.24, 2.45) is 0 Å². The van der Waals surface area contributed by atoms with Crippen LogP contribution >= 0.6 is 24.8 Å². The summed E-state index contributed by atoms with van der Waals surface area (Å²) in [5.74, 6) is 0. The quantitative estimate of drug-likeness (QED) is 0.105. The first-order valence-electron chi connectivity index (χ1n) is 14.6. The maximum atomic E-state index is 3.39. The van der Waals surface area contributed by atoms with Gasteiger partial charge in [0.15, 0.2) is 0 Å². The fourth-order valence-corrected chi connectivity index (χ4v) is 5.22. The number of hydrogen-bond donors (Lipinski definition) is 0. The minimum atomic E-state index is 0. The molecule has 0 fully saturated rings. The molecule has 0 aliphatic rings. The Labute approximate surface area is 316 Å². The van der Waals surface area contributed by atoms with E-state index >= 15 is 0 Å². The molecule has 0 saturated heterocycles. The van der Waals surface area contributed by atoms with Crippen LogP contribution in [0.4, 0.5) is 0 Å². The van der Waals surface area contributed by atoms with Gasteiger partial charge in [0.05, 0.1) is 0 Å². The van der Waals surface area contributed by atoms with Crippen LogP contribution in [0.25, 0.3) is 43.1 Å². The summed E-state index contributed by atoms with van der Waals surface area (Å²) in [5, 5.41) is 10.8. The summed E-state index contributed by atoms with van der Waals surface area (Å²) in [6.45, 7) is 8.50. The first-order valence-corrected chi connectivity index (χ1v) is 19.7. The molecular weight excluding hydrogens is 932 g/mol. The van der Waals surface area contributed by atoms with E-state index in [1.807, 2.05) is 0 Å². The zero-order valence-corrected chi connectivity index (χ0v) is 35.9. The Morgan fingerprint density at radius 1 is 0.348 bits per heavy atom. The second-order valence-corrected chi connectivity index (χ2v) is 10.6. The van der Waals surface area contributed by atoms with E-state index in [1.54, 1.807) is 0 Å². The summed E-state index contributed by atoms with van der Waals surface area (Å²) < 4.78 is 6.78. The number of benzene rings is 4. The van der Waals surface area contributed by atoms with Crippen molar-refractivity contribution in [1.29, 1.82) is 0 Å². The molecule has 0 radical (unpaired) electrons. The molecule has 46 heavy (non-hydrogen) atoms. The third-order valence-electron chi connectivity index (χ3n) is 7.05. The average molecular weight is 975 g/mol. The molecule has 0 spiro atoms. The molecule has 0 unspecified atom stereocenters. The normalized spacial score (nSPS) is 9.39. The van der Waals surface area contributed by atoms with Crippen LogP contribution in [0.5, 0.6) is 0 Å². The fourth-order valence-electron chi connectivity index (χ4n) is 5.22. The molecule has 0 atom stereocenters. The van der Waals surface area contributed by atoms with E-state index in [4.69, 9.17) is 0 Å². The summed E-state index contributed by atoms with van der Waals surface area (Å²) in [6, 6.07) is 51.3. The first-order chi connectivity index (χ1) is 21.4. The van der Waals surface area contributed by atoms with E-state index < -0.39 is 0 Å². The molecule has 0 aliphatic heterocycles. The van der Waals surface area contributed by atoms with Gasteiger partial charge in [0, 0.05) is 0 Å². The van der Waals surface area contributed by atoms with Crippen LogP contribution in [0.3, 0.4) is 0 Å². The van der Waals surface area contributed by atoms with Gasteiger partial charge in [-0.3, -0.25) is 0 Å². The van der Waals surface area contributed by atoms with Gasteiger partial charge in [-0.1, -0.05) is 52.0 Å². The van der Waals surface area contributed by atoms with Crippen LogP contribution in [0.15, 0.2) is 146 Å². The van der Waals surface area contributed by atoms with Gasteiger partial charge in [-0.05, 0) is 0 Å². The van der Waals surface area contributed by atoms with E-state index in [0.717, 1.165) is 47.8 Å². The number of rotatable bonds is 0. The predicted octanol–water partition coefficient (Wildman–Crippen LogP) is 12.2. The molecule has 0 saturated carbocycles. The van der Waals surface area contributed by atoms with Crippen molar-refractivity contribution in [1.82, 2.24) is 0 Å². The van der Waals surface area contributed by atoms with Crippen LogP contribution in [0.1, 0.15) is 22.3 Å². The van der Waals surface area contributed by atoms with Gasteiger partial charge in [0.1, 0.15) is 0 Å². The second kappa shape index (κ2) is 22.0. The van der Waals surface area contributed by atoms with Crippen molar-refractivity contribution in [2.45, 2.75) is 27.7 Å². The molecule has 232 valence electrons. The van der Waals surface area contributed by atoms with E-state index in [1.165, 1.54) is 65.3 Å². The van der Waals surface area contributed by atoms with Gasteiger partial charge in [-0.2, -0.15) is 24.3 Å². The molecule has 8 aromatic rings. The van der Waals surface area contributed by atoms with E-state index in [-0.39, 0.29) is 24.8 Å². The molecule has 0 nitrogen and oxygen atoms in total. The van der Waals surface area contributed by atoms with E-state index in [0.29, 0.717) is 0 Å². The zero-order chi connectivity index (χ0) is 31.9. The molecule has 0 aromatic heterocycles. The van der Waals surface area contributed by atoms with Crippen LogP contribution < -0.4 is 0 Å². The van der Waals surface area contributed by atoms with Crippen LogP contribution in [0.2, 0.25) is 0 Å². The maximum absolute atomic E-state index is 3.39. The Morgan fingerprint density at radius 3 is 0.696 bits per heavy atom. The zero-order valence-electron chi connectivity index (χ0n) is 27.1. The van der Waals surface area contributed by atoms with Crippen molar-refractivity contribution in [3.8, 4) is 0 Å². The van der Waals surface area contributed by atoms with Crippen LogP contribution in [-0.2, 0) is 47.8 Å². The molecule has 8 rings (SSSR count). The van der Waals surface area contributed by atoms with Crippen molar-refractivity contribution < 1.29 is 47.8 Å². The number of aryl methyl sites for hydroxylation is 4. The van der Waals surface area contributed by atoms with Gasteiger partial charge >= 0.3 is 56.3 Å². The number of fused-ring (bicyclic) bond motifs is 4. The SMILES string of the molecule is Cc1cc2ccccc2[cH-]1.Cc1cc2ccccc2[cH-]1.Cc1cc2ccccc2[cH-]1.Cc1cc2ccccc2[cH-]1.Cl.Cl.[CH2]=[Hf+2].[CH2]=[Hf+2]. The Bertz CT molecular complexity index is 1580. The molecule has 0 bridgehead atoms. The molecule has 0 heterocycles. The third-order valence-corrected chi connectivity index (χ3v) is 7.05. The third kappa shape index (κ3) is 12.5. The van der Waals surface area contributed by atoms with Gasteiger partial charge in [0.2, 0.25) is 0 Å². The second-order valence-electron chi connectivity index (χ2n) is 10.6. The van der Waals surface area contributed by atoms with E-state index in [9.17, 15) is 0 Å². The van der Waals surface area contributed by atoms with E-state index in [2.05, 4.69) is 182 Å². The molecular formula is C42H42Cl2Hf2. The van der Waals surface area contributed by atoms with Crippen molar-refractivity contribution in [2.75, 3.05) is 0 Å². The standard InChI is InChI=1S/4C10H9.2CH2.2ClH.2Hf/c4*1-8-6-9-4-2-3-5-10(9)7-8;;;;;;/h4*2-7H,1H3;2*1H2;2*1H;;/q4*-1;;;;;2*+2.